The lowest BCUT2D eigenvalue weighted by atomic mass is 9.89. The number of aryl methyl sites for hydroxylation is 1. The zero-order chi connectivity index (χ0) is 22.4. The molecule has 2 aliphatic rings. The molecule has 0 unspecified atom stereocenters. The number of piperidine rings is 1. The predicted molar refractivity (Wildman–Crippen MR) is 118 cm³/mol. The molecule has 1 aromatic carbocycles. The van der Waals surface area contributed by atoms with Crippen LogP contribution in [-0.4, -0.2) is 50.3 Å². The molecule has 0 spiro atoms. The zero-order valence-corrected chi connectivity index (χ0v) is 19.4. The van der Waals surface area contributed by atoms with E-state index in [2.05, 4.69) is 5.32 Å². The highest BCUT2D eigenvalue weighted by atomic mass is 32.2. The van der Waals surface area contributed by atoms with Crippen LogP contribution >= 0.6 is 0 Å². The third-order valence-electron chi connectivity index (χ3n) is 6.32. The molecule has 1 aliphatic heterocycles. The van der Waals surface area contributed by atoms with E-state index in [1.807, 2.05) is 0 Å². The first kappa shape index (κ1) is 23.7. The third kappa shape index (κ3) is 6.07. The third-order valence-corrected chi connectivity index (χ3v) is 8.22. The molecule has 1 atom stereocenters. The molecule has 0 radical (unpaired) electrons. The van der Waals surface area contributed by atoms with Gasteiger partial charge in [0.2, 0.25) is 10.0 Å². The highest BCUT2D eigenvalue weighted by molar-refractivity contribution is 7.89. The largest absolute Gasteiger partial charge is 0.449 e. The van der Waals surface area contributed by atoms with Crippen molar-refractivity contribution >= 4 is 21.9 Å². The lowest BCUT2D eigenvalue weighted by Gasteiger charge is -2.26. The lowest BCUT2D eigenvalue weighted by molar-refractivity contribution is -0.129. The summed E-state index contributed by atoms with van der Waals surface area (Å²) in [7, 11) is -3.65. The lowest BCUT2D eigenvalue weighted by Crippen LogP contribution is -2.39. The SMILES string of the molecule is Cc1ccc(S(=O)(=O)N2CCCCC2)cc1C(=O)O[C@@H](C)C(=O)NCC1CCCCC1. The van der Waals surface area contributed by atoms with Crippen LogP contribution in [0.3, 0.4) is 0 Å². The first-order valence-corrected chi connectivity index (χ1v) is 12.8. The number of rotatable bonds is 7. The van der Waals surface area contributed by atoms with E-state index in [1.54, 1.807) is 13.0 Å². The number of carbonyl (C=O) groups excluding carboxylic acids is 2. The fourth-order valence-electron chi connectivity index (χ4n) is 4.29. The van der Waals surface area contributed by atoms with Crippen LogP contribution in [0.4, 0.5) is 0 Å². The Morgan fingerprint density at radius 1 is 1.10 bits per heavy atom. The van der Waals surface area contributed by atoms with Crippen LogP contribution in [0, 0.1) is 12.8 Å². The Morgan fingerprint density at radius 2 is 1.74 bits per heavy atom. The molecule has 1 aliphatic carbocycles. The van der Waals surface area contributed by atoms with Gasteiger partial charge < -0.3 is 10.1 Å². The van der Waals surface area contributed by atoms with Crippen molar-refractivity contribution in [1.82, 2.24) is 9.62 Å². The van der Waals surface area contributed by atoms with Gasteiger partial charge >= 0.3 is 5.97 Å². The van der Waals surface area contributed by atoms with E-state index in [4.69, 9.17) is 4.74 Å². The van der Waals surface area contributed by atoms with E-state index in [-0.39, 0.29) is 16.4 Å². The van der Waals surface area contributed by atoms with Gasteiger partial charge in [-0.1, -0.05) is 31.7 Å². The molecule has 8 heteroatoms. The average molecular weight is 451 g/mol. The molecular weight excluding hydrogens is 416 g/mol. The molecule has 0 aromatic heterocycles. The van der Waals surface area contributed by atoms with Crippen molar-refractivity contribution in [3.8, 4) is 0 Å². The van der Waals surface area contributed by atoms with E-state index >= 15 is 0 Å². The second kappa shape index (κ2) is 10.6. The van der Waals surface area contributed by atoms with E-state index in [0.717, 1.165) is 32.1 Å². The minimum absolute atomic E-state index is 0.0846. The van der Waals surface area contributed by atoms with Gasteiger partial charge in [0.1, 0.15) is 0 Å². The van der Waals surface area contributed by atoms with Gasteiger partial charge in [-0.2, -0.15) is 4.31 Å². The monoisotopic (exact) mass is 450 g/mol. The number of carbonyl (C=O) groups is 2. The topological polar surface area (TPSA) is 92.8 Å². The zero-order valence-electron chi connectivity index (χ0n) is 18.6. The molecule has 31 heavy (non-hydrogen) atoms. The molecule has 0 bridgehead atoms. The van der Waals surface area contributed by atoms with Gasteiger partial charge in [0, 0.05) is 19.6 Å². The van der Waals surface area contributed by atoms with Crippen molar-refractivity contribution in [1.29, 1.82) is 0 Å². The second-order valence-corrected chi connectivity index (χ2v) is 10.7. The molecule has 1 saturated carbocycles. The minimum atomic E-state index is -3.65. The molecule has 1 heterocycles. The number of hydrogen-bond donors (Lipinski definition) is 1. The number of nitrogens with one attached hydrogen (secondary N) is 1. The summed E-state index contributed by atoms with van der Waals surface area (Å²) < 4.78 is 32.7. The summed E-state index contributed by atoms with van der Waals surface area (Å²) in [5.74, 6) is -0.526. The minimum Gasteiger partial charge on any atom is -0.449 e. The van der Waals surface area contributed by atoms with Gasteiger partial charge in [-0.05, 0) is 63.1 Å². The quantitative estimate of drug-likeness (QED) is 0.643. The van der Waals surface area contributed by atoms with Crippen molar-refractivity contribution in [2.75, 3.05) is 19.6 Å². The molecule has 2 fully saturated rings. The summed E-state index contributed by atoms with van der Waals surface area (Å²) in [6, 6.07) is 4.51. The van der Waals surface area contributed by atoms with Crippen LogP contribution in [0.1, 0.15) is 74.2 Å². The number of benzene rings is 1. The smallest absolute Gasteiger partial charge is 0.339 e. The first-order chi connectivity index (χ1) is 14.8. The van der Waals surface area contributed by atoms with Crippen molar-refractivity contribution in [3.63, 3.8) is 0 Å². The van der Waals surface area contributed by atoms with Crippen LogP contribution in [0.25, 0.3) is 0 Å². The maximum atomic E-state index is 12.9. The Morgan fingerprint density at radius 3 is 2.42 bits per heavy atom. The number of amides is 1. The van der Waals surface area contributed by atoms with E-state index in [9.17, 15) is 18.0 Å². The van der Waals surface area contributed by atoms with Gasteiger partial charge in [0.05, 0.1) is 10.5 Å². The fourth-order valence-corrected chi connectivity index (χ4v) is 5.84. The van der Waals surface area contributed by atoms with Crippen LogP contribution in [-0.2, 0) is 19.6 Å². The summed E-state index contributed by atoms with van der Waals surface area (Å²) in [5.41, 5.74) is 0.780. The highest BCUT2D eigenvalue weighted by Gasteiger charge is 2.28. The average Bonchev–Trinajstić information content (AvgIpc) is 2.78. The van der Waals surface area contributed by atoms with Gasteiger partial charge in [0.25, 0.3) is 5.91 Å². The van der Waals surface area contributed by atoms with Crippen LogP contribution in [0.5, 0.6) is 0 Å². The van der Waals surface area contributed by atoms with Crippen molar-refractivity contribution in [3.05, 3.63) is 29.3 Å². The molecule has 1 saturated heterocycles. The molecule has 1 N–H and O–H groups in total. The molecule has 7 nitrogen and oxygen atoms in total. The number of hydrogen-bond acceptors (Lipinski definition) is 5. The van der Waals surface area contributed by atoms with Crippen molar-refractivity contribution in [2.24, 2.45) is 5.92 Å². The molecule has 1 aromatic rings. The molecular formula is C23H34N2O5S. The number of ether oxygens (including phenoxy) is 1. The summed E-state index contributed by atoms with van der Waals surface area (Å²) in [5, 5.41) is 2.88. The Hall–Kier alpha value is -1.93. The van der Waals surface area contributed by atoms with Gasteiger partial charge in [-0.15, -0.1) is 0 Å². The van der Waals surface area contributed by atoms with E-state index in [0.29, 0.717) is 31.1 Å². The first-order valence-electron chi connectivity index (χ1n) is 11.4. The van der Waals surface area contributed by atoms with E-state index < -0.39 is 22.1 Å². The second-order valence-electron chi connectivity index (χ2n) is 8.74. The van der Waals surface area contributed by atoms with Gasteiger partial charge in [-0.25, -0.2) is 13.2 Å². The van der Waals surface area contributed by atoms with Crippen LogP contribution < -0.4 is 5.32 Å². The maximum absolute atomic E-state index is 12.9. The van der Waals surface area contributed by atoms with Crippen LogP contribution in [0.15, 0.2) is 23.1 Å². The Balaban J connectivity index is 1.63. The Labute approximate surface area is 185 Å². The molecule has 3 rings (SSSR count). The Bertz CT molecular complexity index is 887. The Kier molecular flexibility index (Phi) is 8.11. The predicted octanol–water partition coefficient (Wildman–Crippen LogP) is 3.41. The fraction of sp³-hybridized carbons (Fsp3) is 0.652. The van der Waals surface area contributed by atoms with Crippen molar-refractivity contribution < 1.29 is 22.7 Å². The number of nitrogens with zero attached hydrogens (tertiary/aromatic N) is 1. The maximum Gasteiger partial charge on any atom is 0.339 e. The standard InChI is InChI=1S/C23H34N2O5S/c1-17-11-12-20(31(28,29)25-13-7-4-8-14-25)15-21(17)23(27)30-18(2)22(26)24-16-19-9-5-3-6-10-19/h11-12,15,18-19H,3-10,13-14,16H2,1-2H3,(H,24,26)/t18-/m0/s1. The number of esters is 1. The summed E-state index contributed by atoms with van der Waals surface area (Å²) in [4.78, 5) is 25.2. The summed E-state index contributed by atoms with van der Waals surface area (Å²) >= 11 is 0. The molecule has 1 amide bonds. The highest BCUT2D eigenvalue weighted by Crippen LogP contribution is 2.24. The van der Waals surface area contributed by atoms with Gasteiger partial charge in [-0.3, -0.25) is 4.79 Å². The summed E-state index contributed by atoms with van der Waals surface area (Å²) in [6.45, 7) is 4.85. The van der Waals surface area contributed by atoms with Gasteiger partial charge in [0.15, 0.2) is 6.10 Å². The summed E-state index contributed by atoms with van der Waals surface area (Å²) in [6.07, 6.45) is 7.64. The van der Waals surface area contributed by atoms with Crippen LogP contribution in [0.2, 0.25) is 0 Å². The molecule has 172 valence electrons. The number of sulfonamides is 1. The van der Waals surface area contributed by atoms with Crippen molar-refractivity contribution in [2.45, 2.75) is 76.2 Å². The van der Waals surface area contributed by atoms with E-state index in [1.165, 1.54) is 42.6 Å². The normalized spacial score (nSPS) is 19.5.